The maximum Gasteiger partial charge on any atom is 0.169 e. The van der Waals surface area contributed by atoms with Crippen LogP contribution in [-0.2, 0) is 6.42 Å². The summed E-state index contributed by atoms with van der Waals surface area (Å²) in [6, 6.07) is 10.5. The molecule has 0 radical (unpaired) electrons. The molecule has 2 heterocycles. The van der Waals surface area contributed by atoms with E-state index in [1.807, 2.05) is 12.3 Å². The summed E-state index contributed by atoms with van der Waals surface area (Å²) >= 11 is 5.51. The normalized spacial score (nSPS) is 14.6. The van der Waals surface area contributed by atoms with Crippen LogP contribution in [0.1, 0.15) is 5.56 Å². The Morgan fingerprint density at radius 2 is 1.87 bits per heavy atom. The Labute approximate surface area is 142 Å². The molecule has 23 heavy (non-hydrogen) atoms. The molecule has 0 unspecified atom stereocenters. The van der Waals surface area contributed by atoms with Crippen LogP contribution in [0.3, 0.4) is 0 Å². The van der Waals surface area contributed by atoms with Gasteiger partial charge in [-0.25, -0.2) is 4.98 Å². The second kappa shape index (κ2) is 7.87. The Kier molecular flexibility index (Phi) is 5.37. The summed E-state index contributed by atoms with van der Waals surface area (Å²) in [5, 5.41) is 4.21. The number of rotatable bonds is 4. The number of piperazine rings is 1. The van der Waals surface area contributed by atoms with Crippen molar-refractivity contribution in [1.29, 1.82) is 0 Å². The van der Waals surface area contributed by atoms with Gasteiger partial charge < -0.3 is 15.1 Å². The van der Waals surface area contributed by atoms with E-state index >= 15 is 0 Å². The van der Waals surface area contributed by atoms with Gasteiger partial charge in [0.1, 0.15) is 5.82 Å². The van der Waals surface area contributed by atoms with Gasteiger partial charge in [-0.3, -0.25) is 4.98 Å². The predicted octanol–water partition coefficient (Wildman–Crippen LogP) is 1.72. The number of hydrogen-bond donors (Lipinski definition) is 1. The number of hydrogen-bond acceptors (Lipinski definition) is 4. The van der Waals surface area contributed by atoms with Gasteiger partial charge in [0.2, 0.25) is 0 Å². The highest BCUT2D eigenvalue weighted by Crippen LogP contribution is 2.11. The van der Waals surface area contributed by atoms with Crippen molar-refractivity contribution in [2.45, 2.75) is 6.42 Å². The topological polar surface area (TPSA) is 44.3 Å². The minimum atomic E-state index is 0.847. The van der Waals surface area contributed by atoms with E-state index in [2.05, 4.69) is 49.4 Å². The molecular weight excluding hydrogens is 306 g/mol. The van der Waals surface area contributed by atoms with Crippen LogP contribution < -0.4 is 10.2 Å². The summed E-state index contributed by atoms with van der Waals surface area (Å²) in [6.07, 6.45) is 6.23. The molecule has 0 atom stereocenters. The number of thiocarbonyl (C=S) groups is 1. The molecule has 0 amide bonds. The molecule has 1 aromatic carbocycles. The maximum atomic E-state index is 5.51. The van der Waals surface area contributed by atoms with Gasteiger partial charge in [-0.15, -0.1) is 0 Å². The van der Waals surface area contributed by atoms with Gasteiger partial charge in [0.25, 0.3) is 0 Å². The molecule has 0 saturated carbocycles. The fourth-order valence-electron chi connectivity index (χ4n) is 2.66. The highest BCUT2D eigenvalue weighted by molar-refractivity contribution is 7.80. The summed E-state index contributed by atoms with van der Waals surface area (Å²) in [4.78, 5) is 13.0. The van der Waals surface area contributed by atoms with Crippen molar-refractivity contribution >= 4 is 23.1 Å². The molecule has 1 aromatic heterocycles. The third-order valence-electron chi connectivity index (χ3n) is 3.97. The molecule has 1 N–H and O–H groups in total. The maximum absolute atomic E-state index is 5.51. The minimum Gasteiger partial charge on any atom is -0.362 e. The Morgan fingerprint density at radius 3 is 2.57 bits per heavy atom. The first-order valence-corrected chi connectivity index (χ1v) is 8.31. The molecular formula is C17H21N5S. The van der Waals surface area contributed by atoms with Crippen molar-refractivity contribution in [2.24, 2.45) is 0 Å². The first-order valence-electron chi connectivity index (χ1n) is 7.90. The molecule has 3 rings (SSSR count). The molecule has 5 nitrogen and oxygen atoms in total. The Bertz CT molecular complexity index is 611. The zero-order chi connectivity index (χ0) is 15.9. The Balaban J connectivity index is 1.41. The molecule has 2 aromatic rings. The standard InChI is InChI=1S/C17H21N5S/c23-17(20-7-6-15-4-2-1-3-5-15)22-12-10-21(11-13-22)16-14-18-8-9-19-16/h1-5,8-9,14H,6-7,10-13H2,(H,20,23). The third-order valence-corrected chi connectivity index (χ3v) is 4.38. The highest BCUT2D eigenvalue weighted by Gasteiger charge is 2.19. The average molecular weight is 327 g/mol. The summed E-state index contributed by atoms with van der Waals surface area (Å²) in [6.45, 7) is 4.52. The van der Waals surface area contributed by atoms with Crippen LogP contribution in [0.5, 0.6) is 0 Å². The first-order chi connectivity index (χ1) is 11.3. The van der Waals surface area contributed by atoms with Gasteiger partial charge in [0.05, 0.1) is 6.20 Å². The highest BCUT2D eigenvalue weighted by atomic mass is 32.1. The van der Waals surface area contributed by atoms with Crippen LogP contribution >= 0.6 is 12.2 Å². The molecule has 120 valence electrons. The Hall–Kier alpha value is -2.21. The lowest BCUT2D eigenvalue weighted by Gasteiger charge is -2.36. The summed E-state index contributed by atoms with van der Waals surface area (Å²) in [7, 11) is 0. The quantitative estimate of drug-likeness (QED) is 0.863. The number of nitrogens with one attached hydrogen (secondary N) is 1. The Morgan fingerprint density at radius 1 is 1.09 bits per heavy atom. The van der Waals surface area contributed by atoms with Crippen LogP contribution in [0.4, 0.5) is 5.82 Å². The van der Waals surface area contributed by atoms with Crippen molar-refractivity contribution in [2.75, 3.05) is 37.6 Å². The van der Waals surface area contributed by atoms with Gasteiger partial charge in [0.15, 0.2) is 5.11 Å². The lowest BCUT2D eigenvalue weighted by Crippen LogP contribution is -2.52. The van der Waals surface area contributed by atoms with E-state index in [0.29, 0.717) is 0 Å². The van der Waals surface area contributed by atoms with Crippen LogP contribution in [0.15, 0.2) is 48.9 Å². The zero-order valence-corrected chi connectivity index (χ0v) is 13.9. The molecule has 1 saturated heterocycles. The molecule has 0 bridgehead atoms. The van der Waals surface area contributed by atoms with Crippen molar-refractivity contribution in [1.82, 2.24) is 20.2 Å². The first kappa shape index (κ1) is 15.7. The second-order valence-corrected chi connectivity index (χ2v) is 5.89. The van der Waals surface area contributed by atoms with Crippen LogP contribution in [0.25, 0.3) is 0 Å². The van der Waals surface area contributed by atoms with Gasteiger partial charge in [-0.05, 0) is 24.2 Å². The molecule has 6 heteroatoms. The molecule has 1 aliphatic heterocycles. The van der Waals surface area contributed by atoms with Crippen molar-refractivity contribution < 1.29 is 0 Å². The van der Waals surface area contributed by atoms with E-state index in [0.717, 1.165) is 50.1 Å². The van der Waals surface area contributed by atoms with Crippen molar-refractivity contribution in [3.63, 3.8) is 0 Å². The number of nitrogens with zero attached hydrogens (tertiary/aromatic N) is 4. The molecule has 0 spiro atoms. The van der Waals surface area contributed by atoms with E-state index < -0.39 is 0 Å². The summed E-state index contributed by atoms with van der Waals surface area (Å²) in [5.41, 5.74) is 1.33. The molecule has 1 fully saturated rings. The van der Waals surface area contributed by atoms with E-state index in [1.165, 1.54) is 5.56 Å². The van der Waals surface area contributed by atoms with Crippen molar-refractivity contribution in [3.05, 3.63) is 54.5 Å². The van der Waals surface area contributed by atoms with E-state index in [4.69, 9.17) is 12.2 Å². The largest absolute Gasteiger partial charge is 0.362 e. The molecule has 0 aliphatic carbocycles. The summed E-state index contributed by atoms with van der Waals surface area (Å²) < 4.78 is 0. The minimum absolute atomic E-state index is 0.847. The summed E-state index contributed by atoms with van der Waals surface area (Å²) in [5.74, 6) is 0.940. The lowest BCUT2D eigenvalue weighted by molar-refractivity contribution is 0.379. The van der Waals surface area contributed by atoms with Gasteiger partial charge in [-0.2, -0.15) is 0 Å². The van der Waals surface area contributed by atoms with Gasteiger partial charge in [0, 0.05) is 45.1 Å². The number of anilines is 1. The average Bonchev–Trinajstić information content (AvgIpc) is 2.63. The lowest BCUT2D eigenvalue weighted by atomic mass is 10.1. The van der Waals surface area contributed by atoms with Crippen LogP contribution in [0.2, 0.25) is 0 Å². The number of benzene rings is 1. The second-order valence-electron chi connectivity index (χ2n) is 5.51. The van der Waals surface area contributed by atoms with E-state index in [9.17, 15) is 0 Å². The van der Waals surface area contributed by atoms with Crippen LogP contribution in [0, 0.1) is 0 Å². The predicted molar refractivity (Wildman–Crippen MR) is 96.6 cm³/mol. The SMILES string of the molecule is S=C(NCCc1ccccc1)N1CCN(c2cnccn2)CC1. The third kappa shape index (κ3) is 4.39. The van der Waals surface area contributed by atoms with E-state index in [-0.39, 0.29) is 0 Å². The van der Waals surface area contributed by atoms with Crippen LogP contribution in [-0.4, -0.2) is 52.7 Å². The smallest absolute Gasteiger partial charge is 0.169 e. The van der Waals surface area contributed by atoms with Crippen molar-refractivity contribution in [3.8, 4) is 0 Å². The monoisotopic (exact) mass is 327 g/mol. The molecule has 1 aliphatic rings. The zero-order valence-electron chi connectivity index (χ0n) is 13.1. The fraction of sp³-hybridized carbons (Fsp3) is 0.353. The fourth-order valence-corrected chi connectivity index (χ4v) is 2.95. The van der Waals surface area contributed by atoms with Gasteiger partial charge in [-0.1, -0.05) is 30.3 Å². The number of aromatic nitrogens is 2. The van der Waals surface area contributed by atoms with Gasteiger partial charge >= 0.3 is 0 Å². The van der Waals surface area contributed by atoms with E-state index in [1.54, 1.807) is 12.4 Å².